The monoisotopic (exact) mass is 333 g/mol. The minimum Gasteiger partial charge on any atom is -0.374 e. The molecule has 0 unspecified atom stereocenters. The Morgan fingerprint density at radius 3 is 3.04 bits per heavy atom. The molecule has 0 aromatic carbocycles. The van der Waals surface area contributed by atoms with Gasteiger partial charge in [0, 0.05) is 45.5 Å². The van der Waals surface area contributed by atoms with E-state index >= 15 is 0 Å². The Morgan fingerprint density at radius 2 is 2.33 bits per heavy atom. The highest BCUT2D eigenvalue weighted by Gasteiger charge is 2.24. The van der Waals surface area contributed by atoms with E-state index in [1.54, 1.807) is 26.8 Å². The number of carbonyl (C=O) groups is 1. The predicted octanol–water partition coefficient (Wildman–Crippen LogP) is -0.629. The van der Waals surface area contributed by atoms with E-state index in [9.17, 15) is 4.79 Å². The molecular weight excluding hydrogens is 310 g/mol. The van der Waals surface area contributed by atoms with Crippen molar-refractivity contribution < 1.29 is 9.53 Å². The van der Waals surface area contributed by atoms with Crippen LogP contribution in [0.15, 0.2) is 25.0 Å². The highest BCUT2D eigenvalue weighted by Crippen LogP contribution is 2.08. The lowest BCUT2D eigenvalue weighted by Gasteiger charge is -2.33. The third kappa shape index (κ3) is 4.39. The Morgan fingerprint density at radius 1 is 1.46 bits per heavy atom. The third-order valence-corrected chi connectivity index (χ3v) is 4.04. The van der Waals surface area contributed by atoms with Gasteiger partial charge in [-0.3, -0.25) is 19.1 Å². The molecule has 0 radical (unpaired) electrons. The molecule has 0 aliphatic carbocycles. The van der Waals surface area contributed by atoms with E-state index in [1.165, 1.54) is 6.33 Å². The SMILES string of the molecule is CN(Cc1cnn(C)c1)C(=O)CN1CCO[C@@H](Cn2cncn2)C1. The number of hydrogen-bond donors (Lipinski definition) is 0. The first-order chi connectivity index (χ1) is 11.6. The maximum atomic E-state index is 12.4. The summed E-state index contributed by atoms with van der Waals surface area (Å²) in [6, 6.07) is 0. The topological polar surface area (TPSA) is 81.3 Å². The van der Waals surface area contributed by atoms with Crippen molar-refractivity contribution in [2.75, 3.05) is 33.3 Å². The zero-order valence-corrected chi connectivity index (χ0v) is 14.1. The fraction of sp³-hybridized carbons (Fsp3) is 0.600. The molecule has 3 heterocycles. The second-order valence-electron chi connectivity index (χ2n) is 6.12. The van der Waals surface area contributed by atoms with Crippen LogP contribution < -0.4 is 0 Å². The summed E-state index contributed by atoms with van der Waals surface area (Å²) in [7, 11) is 3.69. The molecule has 1 fully saturated rings. The van der Waals surface area contributed by atoms with Gasteiger partial charge in [0.05, 0.1) is 32.0 Å². The number of ether oxygens (including phenoxy) is 1. The summed E-state index contributed by atoms with van der Waals surface area (Å²) < 4.78 is 9.25. The van der Waals surface area contributed by atoms with Crippen LogP contribution in [0, 0.1) is 0 Å². The minimum atomic E-state index is 0.0249. The van der Waals surface area contributed by atoms with Gasteiger partial charge in [-0.2, -0.15) is 10.2 Å². The summed E-state index contributed by atoms with van der Waals surface area (Å²) in [6.45, 7) is 3.72. The van der Waals surface area contributed by atoms with Gasteiger partial charge in [0.2, 0.25) is 5.91 Å². The molecular formula is C15H23N7O2. The Labute approximate surface area is 140 Å². The number of aromatic nitrogens is 5. The molecule has 1 atom stereocenters. The molecule has 0 saturated carbocycles. The average Bonchev–Trinajstić information content (AvgIpc) is 3.19. The second-order valence-corrected chi connectivity index (χ2v) is 6.12. The molecule has 1 aliphatic heterocycles. The molecule has 0 bridgehead atoms. The van der Waals surface area contributed by atoms with Gasteiger partial charge in [-0.05, 0) is 0 Å². The van der Waals surface area contributed by atoms with E-state index in [0.717, 1.165) is 12.1 Å². The Bertz CT molecular complexity index is 655. The van der Waals surface area contributed by atoms with Crippen LogP contribution in [0.5, 0.6) is 0 Å². The molecule has 1 aliphatic rings. The minimum absolute atomic E-state index is 0.0249. The molecule has 3 rings (SSSR count). The number of nitrogens with zero attached hydrogens (tertiary/aromatic N) is 7. The summed E-state index contributed by atoms with van der Waals surface area (Å²) in [5.74, 6) is 0.0975. The van der Waals surface area contributed by atoms with E-state index in [1.807, 2.05) is 20.3 Å². The van der Waals surface area contributed by atoms with Gasteiger partial charge >= 0.3 is 0 Å². The Balaban J connectivity index is 1.48. The summed E-state index contributed by atoms with van der Waals surface area (Å²) >= 11 is 0. The number of aryl methyl sites for hydroxylation is 1. The molecule has 2 aromatic heterocycles. The number of carbonyl (C=O) groups excluding carboxylic acids is 1. The lowest BCUT2D eigenvalue weighted by molar-refractivity contribution is -0.133. The van der Waals surface area contributed by atoms with Gasteiger partial charge in [-0.1, -0.05) is 0 Å². The number of hydrogen-bond acceptors (Lipinski definition) is 6. The number of morpholine rings is 1. The number of rotatable bonds is 6. The molecule has 130 valence electrons. The molecule has 1 amide bonds. The average molecular weight is 333 g/mol. The quantitative estimate of drug-likeness (QED) is 0.700. The van der Waals surface area contributed by atoms with Crippen molar-refractivity contribution in [1.29, 1.82) is 0 Å². The smallest absolute Gasteiger partial charge is 0.236 e. The molecule has 2 aromatic rings. The number of amides is 1. The Kier molecular flexibility index (Phi) is 5.21. The van der Waals surface area contributed by atoms with Crippen molar-refractivity contribution in [3.63, 3.8) is 0 Å². The second kappa shape index (κ2) is 7.54. The molecule has 9 nitrogen and oxygen atoms in total. The van der Waals surface area contributed by atoms with Crippen molar-refractivity contribution in [3.8, 4) is 0 Å². The van der Waals surface area contributed by atoms with Crippen LogP contribution in [0.3, 0.4) is 0 Å². The van der Waals surface area contributed by atoms with Crippen LogP contribution in [-0.2, 0) is 29.7 Å². The summed E-state index contributed by atoms with van der Waals surface area (Å²) in [4.78, 5) is 20.2. The van der Waals surface area contributed by atoms with Crippen LogP contribution in [0.4, 0.5) is 0 Å². The fourth-order valence-corrected chi connectivity index (χ4v) is 2.80. The van der Waals surface area contributed by atoms with E-state index in [2.05, 4.69) is 20.1 Å². The van der Waals surface area contributed by atoms with Crippen LogP contribution >= 0.6 is 0 Å². The lowest BCUT2D eigenvalue weighted by Crippen LogP contribution is -2.48. The van der Waals surface area contributed by atoms with Crippen molar-refractivity contribution in [1.82, 2.24) is 34.3 Å². The van der Waals surface area contributed by atoms with Gasteiger partial charge < -0.3 is 9.64 Å². The van der Waals surface area contributed by atoms with Gasteiger partial charge in [-0.15, -0.1) is 0 Å². The zero-order chi connectivity index (χ0) is 16.9. The van der Waals surface area contributed by atoms with Crippen LogP contribution in [0.1, 0.15) is 5.56 Å². The molecule has 9 heteroatoms. The standard InChI is InChI=1S/C15H23N7O2/c1-19(6-13-5-17-20(2)7-13)15(23)10-21-3-4-24-14(8-21)9-22-12-16-11-18-22/h5,7,11-12,14H,3-4,6,8-10H2,1-2H3/t14-/m1/s1. The Hall–Kier alpha value is -2.26. The number of likely N-dealkylation sites (N-methyl/N-ethyl adjacent to an activating group) is 1. The van der Waals surface area contributed by atoms with E-state index in [4.69, 9.17) is 4.74 Å². The van der Waals surface area contributed by atoms with Gasteiger partial charge in [0.15, 0.2) is 0 Å². The van der Waals surface area contributed by atoms with Gasteiger partial charge in [0.25, 0.3) is 0 Å². The van der Waals surface area contributed by atoms with E-state index in [-0.39, 0.29) is 12.0 Å². The first kappa shape index (κ1) is 16.6. The fourth-order valence-electron chi connectivity index (χ4n) is 2.80. The first-order valence-electron chi connectivity index (χ1n) is 7.98. The first-order valence-corrected chi connectivity index (χ1v) is 7.98. The highest BCUT2D eigenvalue weighted by molar-refractivity contribution is 5.78. The lowest BCUT2D eigenvalue weighted by atomic mass is 10.2. The van der Waals surface area contributed by atoms with E-state index in [0.29, 0.717) is 32.8 Å². The zero-order valence-electron chi connectivity index (χ0n) is 14.1. The van der Waals surface area contributed by atoms with Crippen LogP contribution in [0.2, 0.25) is 0 Å². The predicted molar refractivity (Wildman–Crippen MR) is 85.9 cm³/mol. The van der Waals surface area contributed by atoms with Crippen molar-refractivity contribution in [3.05, 3.63) is 30.6 Å². The normalized spacial score (nSPS) is 18.7. The maximum Gasteiger partial charge on any atom is 0.236 e. The van der Waals surface area contributed by atoms with Crippen LogP contribution in [0.25, 0.3) is 0 Å². The largest absolute Gasteiger partial charge is 0.374 e. The van der Waals surface area contributed by atoms with Crippen molar-refractivity contribution in [2.24, 2.45) is 7.05 Å². The third-order valence-electron chi connectivity index (χ3n) is 4.04. The van der Waals surface area contributed by atoms with E-state index < -0.39 is 0 Å². The molecule has 1 saturated heterocycles. The molecule has 0 spiro atoms. The molecule has 24 heavy (non-hydrogen) atoms. The van der Waals surface area contributed by atoms with Crippen molar-refractivity contribution in [2.45, 2.75) is 19.2 Å². The highest BCUT2D eigenvalue weighted by atomic mass is 16.5. The molecule has 0 N–H and O–H groups in total. The van der Waals surface area contributed by atoms with Crippen molar-refractivity contribution >= 4 is 5.91 Å². The van der Waals surface area contributed by atoms with Crippen LogP contribution in [-0.4, -0.2) is 79.6 Å². The van der Waals surface area contributed by atoms with Gasteiger partial charge in [0.1, 0.15) is 12.7 Å². The van der Waals surface area contributed by atoms with Gasteiger partial charge in [-0.25, -0.2) is 4.98 Å². The maximum absolute atomic E-state index is 12.4. The summed E-state index contributed by atoms with van der Waals surface area (Å²) in [6.07, 6.45) is 6.92. The summed E-state index contributed by atoms with van der Waals surface area (Å²) in [5.41, 5.74) is 1.03. The summed E-state index contributed by atoms with van der Waals surface area (Å²) in [5, 5.41) is 8.23.